The number of nitrogens with one attached hydrogen (secondary N) is 3. The Morgan fingerprint density at radius 1 is 1.39 bits per heavy atom. The van der Waals surface area contributed by atoms with E-state index in [-0.39, 0.29) is 11.1 Å². The highest BCUT2D eigenvalue weighted by molar-refractivity contribution is 6.24. The Bertz CT molecular complexity index is 747. The van der Waals surface area contributed by atoms with E-state index in [1.807, 2.05) is 5.43 Å². The van der Waals surface area contributed by atoms with E-state index in [9.17, 15) is 9.59 Å². The number of hydrogen-bond acceptors (Lipinski definition) is 5. The fourth-order valence-corrected chi connectivity index (χ4v) is 2.00. The number of nitrogens with zero attached hydrogens (tertiary/aromatic N) is 1. The molecule has 1 aromatic heterocycles. The fourth-order valence-electron chi connectivity index (χ4n) is 2.00. The van der Waals surface area contributed by atoms with Crippen LogP contribution < -0.4 is 22.1 Å². The zero-order valence-electron chi connectivity index (χ0n) is 9.15. The third-order valence-electron chi connectivity index (χ3n) is 2.82. The second-order valence-electron chi connectivity index (χ2n) is 3.81. The van der Waals surface area contributed by atoms with Crippen LogP contribution in [0.4, 0.5) is 5.69 Å². The normalized spacial score (nSPS) is 12.8. The first-order valence-electron chi connectivity index (χ1n) is 5.22. The van der Waals surface area contributed by atoms with Gasteiger partial charge in [-0.1, -0.05) is 6.07 Å². The maximum absolute atomic E-state index is 11.7. The Morgan fingerprint density at radius 2 is 2.22 bits per heavy atom. The molecule has 2 heterocycles. The predicted octanol–water partition coefficient (Wildman–Crippen LogP) is -0.321. The molecule has 1 amide bonds. The van der Waals surface area contributed by atoms with E-state index < -0.39 is 5.91 Å². The van der Waals surface area contributed by atoms with Crippen molar-refractivity contribution in [3.8, 4) is 0 Å². The van der Waals surface area contributed by atoms with Gasteiger partial charge in [-0.3, -0.25) is 15.0 Å². The second-order valence-corrected chi connectivity index (χ2v) is 3.81. The highest BCUT2D eigenvalue weighted by Crippen LogP contribution is 2.31. The molecule has 18 heavy (non-hydrogen) atoms. The molecule has 1 aliphatic heterocycles. The van der Waals surface area contributed by atoms with Gasteiger partial charge in [0.25, 0.3) is 11.5 Å². The maximum atomic E-state index is 11.7. The number of H-pyrrole nitrogens is 1. The average molecular weight is 243 g/mol. The molecule has 0 saturated heterocycles. The highest BCUT2D eigenvalue weighted by Gasteiger charge is 2.22. The van der Waals surface area contributed by atoms with Crippen molar-refractivity contribution in [1.29, 1.82) is 0 Å². The Morgan fingerprint density at radius 3 is 3.00 bits per heavy atom. The molecule has 0 atom stereocenters. The lowest BCUT2D eigenvalue weighted by molar-refractivity contribution is -0.115. The number of anilines is 1. The quantitative estimate of drug-likeness (QED) is 0.311. The molecule has 0 unspecified atom stereocenters. The third-order valence-corrected chi connectivity index (χ3v) is 2.82. The Kier molecular flexibility index (Phi) is 2.14. The summed E-state index contributed by atoms with van der Waals surface area (Å²) >= 11 is 0. The Balaban J connectivity index is 2.39. The number of benzene rings is 1. The molecule has 0 fully saturated rings. The van der Waals surface area contributed by atoms with Gasteiger partial charge in [-0.15, -0.1) is 0 Å². The molecule has 1 aliphatic rings. The molecule has 1 aromatic carbocycles. The lowest BCUT2D eigenvalue weighted by Gasteiger charge is -2.16. The van der Waals surface area contributed by atoms with Crippen LogP contribution in [0.3, 0.4) is 0 Å². The molecule has 3 rings (SSSR count). The number of hydrazine groups is 1. The SMILES string of the molecule is NNC(=O)C1=CNc2cccc3c(=O)[nH]nc1c23. The van der Waals surface area contributed by atoms with E-state index in [4.69, 9.17) is 5.84 Å². The number of carbonyl (C=O) groups is 1. The van der Waals surface area contributed by atoms with Crippen molar-refractivity contribution >= 4 is 27.9 Å². The minimum absolute atomic E-state index is 0.275. The predicted molar refractivity (Wildman–Crippen MR) is 66.3 cm³/mol. The summed E-state index contributed by atoms with van der Waals surface area (Å²) in [6, 6.07) is 5.24. The van der Waals surface area contributed by atoms with Crippen molar-refractivity contribution in [3.63, 3.8) is 0 Å². The largest absolute Gasteiger partial charge is 0.360 e. The van der Waals surface area contributed by atoms with Crippen LogP contribution in [0.25, 0.3) is 16.3 Å². The highest BCUT2D eigenvalue weighted by atomic mass is 16.2. The summed E-state index contributed by atoms with van der Waals surface area (Å²) in [4.78, 5) is 23.3. The molecule has 7 heteroatoms. The molecular formula is C11H9N5O2. The summed E-state index contributed by atoms with van der Waals surface area (Å²) in [5.41, 5.74) is 3.16. The summed E-state index contributed by atoms with van der Waals surface area (Å²) in [6.45, 7) is 0. The summed E-state index contributed by atoms with van der Waals surface area (Å²) < 4.78 is 0. The molecule has 0 bridgehead atoms. The summed E-state index contributed by atoms with van der Waals surface area (Å²) in [7, 11) is 0. The zero-order chi connectivity index (χ0) is 12.7. The first-order chi connectivity index (χ1) is 8.72. The summed E-state index contributed by atoms with van der Waals surface area (Å²) in [5, 5.41) is 10.3. The van der Waals surface area contributed by atoms with E-state index in [0.717, 1.165) is 5.69 Å². The monoisotopic (exact) mass is 243 g/mol. The number of aromatic amines is 1. The lowest BCUT2D eigenvalue weighted by Crippen LogP contribution is -2.32. The zero-order valence-corrected chi connectivity index (χ0v) is 9.15. The molecule has 0 radical (unpaired) electrons. The molecule has 90 valence electrons. The molecule has 0 saturated carbocycles. The van der Waals surface area contributed by atoms with Gasteiger partial charge >= 0.3 is 0 Å². The van der Waals surface area contributed by atoms with Crippen LogP contribution in [0, 0.1) is 0 Å². The van der Waals surface area contributed by atoms with Crippen molar-refractivity contribution in [2.24, 2.45) is 5.84 Å². The van der Waals surface area contributed by atoms with Gasteiger partial charge in [0.15, 0.2) is 0 Å². The van der Waals surface area contributed by atoms with Crippen molar-refractivity contribution < 1.29 is 4.79 Å². The molecule has 0 aliphatic carbocycles. The first kappa shape index (κ1) is 10.5. The lowest BCUT2D eigenvalue weighted by atomic mass is 10.0. The van der Waals surface area contributed by atoms with Gasteiger partial charge < -0.3 is 5.32 Å². The summed E-state index contributed by atoms with van der Waals surface area (Å²) in [6.07, 6.45) is 1.50. The average Bonchev–Trinajstić information content (AvgIpc) is 2.42. The maximum Gasteiger partial charge on any atom is 0.272 e. The van der Waals surface area contributed by atoms with Gasteiger partial charge in [-0.25, -0.2) is 10.9 Å². The molecule has 7 nitrogen and oxygen atoms in total. The van der Waals surface area contributed by atoms with Crippen LogP contribution in [-0.4, -0.2) is 16.1 Å². The molecule has 0 spiro atoms. The van der Waals surface area contributed by atoms with Crippen LogP contribution in [0.5, 0.6) is 0 Å². The molecule has 2 aromatic rings. The van der Waals surface area contributed by atoms with Crippen LogP contribution in [0.2, 0.25) is 0 Å². The van der Waals surface area contributed by atoms with Gasteiger partial charge in [0.1, 0.15) is 5.69 Å². The van der Waals surface area contributed by atoms with Gasteiger partial charge in [-0.2, -0.15) is 5.10 Å². The van der Waals surface area contributed by atoms with Crippen LogP contribution in [0.1, 0.15) is 5.69 Å². The van der Waals surface area contributed by atoms with E-state index in [1.165, 1.54) is 6.20 Å². The Labute approximate surface area is 101 Å². The van der Waals surface area contributed by atoms with Crippen molar-refractivity contribution in [3.05, 3.63) is 40.4 Å². The summed E-state index contributed by atoms with van der Waals surface area (Å²) in [5.74, 6) is 4.64. The number of carbonyl (C=O) groups excluding carboxylic acids is 1. The van der Waals surface area contributed by atoms with Crippen molar-refractivity contribution in [2.75, 3.05) is 5.32 Å². The van der Waals surface area contributed by atoms with Crippen molar-refractivity contribution in [2.45, 2.75) is 0 Å². The van der Waals surface area contributed by atoms with Crippen LogP contribution in [-0.2, 0) is 4.79 Å². The molecular weight excluding hydrogens is 234 g/mol. The number of nitrogens with two attached hydrogens (primary N) is 1. The number of amides is 1. The second kappa shape index (κ2) is 3.67. The van der Waals surface area contributed by atoms with Crippen LogP contribution in [0.15, 0.2) is 29.2 Å². The fraction of sp³-hybridized carbons (Fsp3) is 0. The minimum atomic E-state index is -0.474. The van der Waals surface area contributed by atoms with Gasteiger partial charge in [0, 0.05) is 17.3 Å². The minimum Gasteiger partial charge on any atom is -0.360 e. The van der Waals surface area contributed by atoms with Gasteiger partial charge in [0.2, 0.25) is 0 Å². The third kappa shape index (κ3) is 1.31. The van der Waals surface area contributed by atoms with E-state index in [1.54, 1.807) is 18.2 Å². The topological polar surface area (TPSA) is 113 Å². The first-order valence-corrected chi connectivity index (χ1v) is 5.22. The van der Waals surface area contributed by atoms with E-state index in [0.29, 0.717) is 16.5 Å². The van der Waals surface area contributed by atoms with Gasteiger partial charge in [0.05, 0.1) is 11.0 Å². The Hall–Kier alpha value is -2.67. The van der Waals surface area contributed by atoms with E-state index >= 15 is 0 Å². The van der Waals surface area contributed by atoms with Crippen molar-refractivity contribution in [1.82, 2.24) is 15.6 Å². The standard InChI is InChI=1S/C11H9N5O2/c12-14-10(17)6-4-13-7-3-1-2-5-8(7)9(6)15-16-11(5)18/h1-4,13H,12H2,(H,14,17)(H,16,18). The van der Waals surface area contributed by atoms with Gasteiger partial charge in [-0.05, 0) is 12.1 Å². The smallest absolute Gasteiger partial charge is 0.272 e. The molecule has 5 N–H and O–H groups in total. The number of aromatic nitrogens is 2. The van der Waals surface area contributed by atoms with Crippen LogP contribution >= 0.6 is 0 Å². The number of rotatable bonds is 1. The van der Waals surface area contributed by atoms with E-state index in [2.05, 4.69) is 15.5 Å². The number of hydrogen-bond donors (Lipinski definition) is 4.